The van der Waals surface area contributed by atoms with E-state index in [0.29, 0.717) is 22.2 Å². The van der Waals surface area contributed by atoms with E-state index in [1.165, 1.54) is 18.9 Å². The minimum absolute atomic E-state index is 0.0610. The third-order valence-electron chi connectivity index (χ3n) is 4.82. The Bertz CT molecular complexity index is 1180. The van der Waals surface area contributed by atoms with Gasteiger partial charge >= 0.3 is 5.97 Å². The third-order valence-corrected chi connectivity index (χ3v) is 5.84. The number of benzene rings is 2. The molecule has 0 aliphatic rings. The molecule has 0 saturated carbocycles. The number of nitrogens with zero attached hydrogens (tertiary/aromatic N) is 3. The summed E-state index contributed by atoms with van der Waals surface area (Å²) in [5.74, 6) is -0.409. The predicted molar refractivity (Wildman–Crippen MR) is 125 cm³/mol. The van der Waals surface area contributed by atoms with Crippen molar-refractivity contribution in [2.24, 2.45) is 7.05 Å². The number of rotatable bonds is 8. The molecule has 172 valence electrons. The molecule has 10 heteroatoms. The molecular formula is C23H25N5O4S. The zero-order valence-corrected chi connectivity index (χ0v) is 19.6. The number of carbonyl (C=O) groups excluding carboxylic acids is 3. The first kappa shape index (κ1) is 24.0. The lowest BCUT2D eigenvalue weighted by Crippen LogP contribution is -2.28. The zero-order chi connectivity index (χ0) is 24.0. The van der Waals surface area contributed by atoms with E-state index in [-0.39, 0.29) is 29.2 Å². The molecule has 1 aromatic heterocycles. The number of hydrogen-bond donors (Lipinski definition) is 2. The van der Waals surface area contributed by atoms with Crippen molar-refractivity contribution in [2.75, 3.05) is 18.2 Å². The molecular weight excluding hydrogens is 442 g/mol. The van der Waals surface area contributed by atoms with Gasteiger partial charge in [-0.25, -0.2) is 4.79 Å². The number of carbonyl (C=O) groups is 3. The molecule has 33 heavy (non-hydrogen) atoms. The number of aromatic nitrogens is 3. The predicted octanol–water partition coefficient (Wildman–Crippen LogP) is 3.13. The Hall–Kier alpha value is -3.66. The van der Waals surface area contributed by atoms with Gasteiger partial charge in [-0.1, -0.05) is 41.6 Å². The van der Waals surface area contributed by atoms with Gasteiger partial charge in [-0.05, 0) is 38.1 Å². The highest BCUT2D eigenvalue weighted by Gasteiger charge is 2.20. The summed E-state index contributed by atoms with van der Waals surface area (Å²) in [7, 11) is 3.06. The normalized spacial score (nSPS) is 11.5. The Labute approximate surface area is 195 Å². The zero-order valence-electron chi connectivity index (χ0n) is 18.8. The average Bonchev–Trinajstić information content (AvgIpc) is 3.17. The Morgan fingerprint density at radius 2 is 1.88 bits per heavy atom. The van der Waals surface area contributed by atoms with E-state index >= 15 is 0 Å². The van der Waals surface area contributed by atoms with Crippen molar-refractivity contribution in [3.05, 3.63) is 71.0 Å². The molecule has 2 N–H and O–H groups in total. The minimum atomic E-state index is -0.529. The highest BCUT2D eigenvalue weighted by molar-refractivity contribution is 7.99. The van der Waals surface area contributed by atoms with Crippen LogP contribution in [0.1, 0.15) is 45.1 Å². The first-order valence-corrected chi connectivity index (χ1v) is 11.2. The summed E-state index contributed by atoms with van der Waals surface area (Å²) in [6, 6.07) is 13.6. The average molecular weight is 468 g/mol. The van der Waals surface area contributed by atoms with Gasteiger partial charge in [-0.2, -0.15) is 0 Å². The molecule has 3 rings (SSSR count). The lowest BCUT2D eigenvalue weighted by atomic mass is 10.1. The fraction of sp³-hybridized carbons (Fsp3) is 0.261. The smallest absolute Gasteiger partial charge is 0.339 e. The van der Waals surface area contributed by atoms with Crippen LogP contribution >= 0.6 is 11.8 Å². The van der Waals surface area contributed by atoms with Crippen molar-refractivity contribution in [1.29, 1.82) is 0 Å². The van der Waals surface area contributed by atoms with E-state index in [4.69, 9.17) is 4.74 Å². The molecule has 9 nitrogen and oxygen atoms in total. The lowest BCUT2D eigenvalue weighted by molar-refractivity contribution is -0.113. The number of para-hydroxylation sites is 1. The molecule has 0 spiro atoms. The molecule has 0 aliphatic heterocycles. The number of amides is 2. The fourth-order valence-corrected chi connectivity index (χ4v) is 3.87. The second kappa shape index (κ2) is 10.8. The highest BCUT2D eigenvalue weighted by atomic mass is 32.2. The van der Waals surface area contributed by atoms with Crippen LogP contribution in [0.25, 0.3) is 0 Å². The maximum Gasteiger partial charge on any atom is 0.339 e. The number of esters is 1. The summed E-state index contributed by atoms with van der Waals surface area (Å²) >= 11 is 1.20. The van der Waals surface area contributed by atoms with Crippen LogP contribution < -0.4 is 10.6 Å². The van der Waals surface area contributed by atoms with Gasteiger partial charge in [0, 0.05) is 12.6 Å². The molecule has 1 atom stereocenters. The van der Waals surface area contributed by atoms with E-state index in [1.54, 1.807) is 41.9 Å². The molecule has 3 aromatic rings. The maximum atomic E-state index is 12.5. The first-order valence-electron chi connectivity index (χ1n) is 10.2. The number of aryl methyl sites for hydroxylation is 1. The second-order valence-corrected chi connectivity index (χ2v) is 8.28. The van der Waals surface area contributed by atoms with Crippen LogP contribution in [-0.4, -0.2) is 45.4 Å². The van der Waals surface area contributed by atoms with E-state index in [2.05, 4.69) is 20.8 Å². The third kappa shape index (κ3) is 5.98. The Balaban J connectivity index is 1.60. The van der Waals surface area contributed by atoms with Crippen molar-refractivity contribution < 1.29 is 19.1 Å². The van der Waals surface area contributed by atoms with Crippen LogP contribution in [0.3, 0.4) is 0 Å². The number of anilines is 1. The van der Waals surface area contributed by atoms with E-state index in [1.807, 2.05) is 32.0 Å². The number of nitrogens with one attached hydrogen (secondary N) is 2. The van der Waals surface area contributed by atoms with E-state index in [9.17, 15) is 14.4 Å². The van der Waals surface area contributed by atoms with Crippen molar-refractivity contribution in [1.82, 2.24) is 20.1 Å². The van der Waals surface area contributed by atoms with Crippen molar-refractivity contribution in [3.63, 3.8) is 0 Å². The monoisotopic (exact) mass is 467 g/mol. The summed E-state index contributed by atoms with van der Waals surface area (Å²) in [6.45, 7) is 3.75. The molecule has 0 saturated heterocycles. The quantitative estimate of drug-likeness (QED) is 0.386. The standard InChI is InChI=1S/C23H25N5O4S/c1-14-8-7-9-16(12-14)21(30)24-15(2)20-26-27-23(28(20)3)33-13-19(29)25-18-11-6-5-10-17(18)22(31)32-4/h5-12,15H,13H2,1-4H3,(H,24,30)(H,25,29)/t15-/m0/s1. The summed E-state index contributed by atoms with van der Waals surface area (Å²) in [5.41, 5.74) is 2.22. The van der Waals surface area contributed by atoms with Crippen LogP contribution in [0, 0.1) is 6.92 Å². The van der Waals surface area contributed by atoms with Crippen LogP contribution in [0.15, 0.2) is 53.7 Å². The summed E-state index contributed by atoms with van der Waals surface area (Å²) in [6.07, 6.45) is 0. The molecule has 0 aliphatic carbocycles. The van der Waals surface area contributed by atoms with E-state index < -0.39 is 5.97 Å². The van der Waals surface area contributed by atoms with Crippen molar-refractivity contribution in [2.45, 2.75) is 25.0 Å². The first-order chi connectivity index (χ1) is 15.8. The van der Waals surface area contributed by atoms with Gasteiger partial charge in [0.2, 0.25) is 5.91 Å². The Morgan fingerprint density at radius 1 is 1.12 bits per heavy atom. The molecule has 0 unspecified atom stereocenters. The summed E-state index contributed by atoms with van der Waals surface area (Å²) in [5, 5.41) is 14.5. The van der Waals surface area contributed by atoms with Gasteiger partial charge in [0.1, 0.15) is 0 Å². The number of ether oxygens (including phenoxy) is 1. The van der Waals surface area contributed by atoms with Crippen LogP contribution in [0.4, 0.5) is 5.69 Å². The van der Waals surface area contributed by atoms with Gasteiger partial charge in [0.25, 0.3) is 5.91 Å². The summed E-state index contributed by atoms with van der Waals surface area (Å²) < 4.78 is 6.48. The van der Waals surface area contributed by atoms with Gasteiger partial charge in [0.05, 0.1) is 30.2 Å². The highest BCUT2D eigenvalue weighted by Crippen LogP contribution is 2.21. The van der Waals surface area contributed by atoms with Gasteiger partial charge in [0.15, 0.2) is 11.0 Å². The van der Waals surface area contributed by atoms with Crippen LogP contribution in [0.5, 0.6) is 0 Å². The topological polar surface area (TPSA) is 115 Å². The Kier molecular flexibility index (Phi) is 7.83. The van der Waals surface area contributed by atoms with Crippen molar-refractivity contribution >= 4 is 35.2 Å². The number of thioether (sulfide) groups is 1. The molecule has 1 heterocycles. The second-order valence-electron chi connectivity index (χ2n) is 7.34. The molecule has 0 radical (unpaired) electrons. The largest absolute Gasteiger partial charge is 0.465 e. The molecule has 0 bridgehead atoms. The summed E-state index contributed by atoms with van der Waals surface area (Å²) in [4.78, 5) is 36.8. The molecule has 0 fully saturated rings. The minimum Gasteiger partial charge on any atom is -0.465 e. The number of methoxy groups -OCH3 is 1. The SMILES string of the molecule is COC(=O)c1ccccc1NC(=O)CSc1nnc([C@H](C)NC(=O)c2cccc(C)c2)n1C. The van der Waals surface area contributed by atoms with Gasteiger partial charge < -0.3 is 19.9 Å². The lowest BCUT2D eigenvalue weighted by Gasteiger charge is -2.14. The van der Waals surface area contributed by atoms with E-state index in [0.717, 1.165) is 5.56 Å². The van der Waals surface area contributed by atoms with Gasteiger partial charge in [-0.15, -0.1) is 10.2 Å². The Morgan fingerprint density at radius 3 is 2.61 bits per heavy atom. The maximum absolute atomic E-state index is 12.5. The number of hydrogen-bond acceptors (Lipinski definition) is 7. The van der Waals surface area contributed by atoms with Crippen LogP contribution in [-0.2, 0) is 16.6 Å². The fourth-order valence-electron chi connectivity index (χ4n) is 3.16. The van der Waals surface area contributed by atoms with Gasteiger partial charge in [-0.3, -0.25) is 9.59 Å². The van der Waals surface area contributed by atoms with Crippen LogP contribution in [0.2, 0.25) is 0 Å². The molecule has 2 amide bonds. The molecule has 2 aromatic carbocycles. The van der Waals surface area contributed by atoms with Crippen molar-refractivity contribution in [3.8, 4) is 0 Å².